The molecule has 1 heterocycles. The number of thiophene rings is 1. The molecular formula is C16H17N3O4S. The van der Waals surface area contributed by atoms with Gasteiger partial charge in [0.15, 0.2) is 0 Å². The predicted octanol–water partition coefficient (Wildman–Crippen LogP) is 2.12. The lowest BCUT2D eigenvalue weighted by atomic mass is 9.88. The summed E-state index contributed by atoms with van der Waals surface area (Å²) in [6.07, 6.45) is 1.34. The Morgan fingerprint density at radius 3 is 2.50 bits per heavy atom. The van der Waals surface area contributed by atoms with Crippen molar-refractivity contribution in [3.8, 4) is 21.9 Å². The van der Waals surface area contributed by atoms with E-state index in [9.17, 15) is 9.59 Å². The Kier molecular flexibility index (Phi) is 4.06. The molecule has 8 heteroatoms. The van der Waals surface area contributed by atoms with E-state index in [1.807, 2.05) is 6.07 Å². The third kappa shape index (κ3) is 2.54. The zero-order valence-corrected chi connectivity index (χ0v) is 14.1. The molecule has 0 saturated carbocycles. The molecule has 0 aliphatic heterocycles. The number of nitrogens with one attached hydrogen (secondary N) is 1. The number of carbonyl (C=O) groups is 2. The first-order chi connectivity index (χ1) is 11.5. The minimum Gasteiger partial charge on any atom is -0.497 e. The lowest BCUT2D eigenvalue weighted by molar-refractivity contribution is 0.100. The van der Waals surface area contributed by atoms with Crippen LogP contribution in [-0.2, 0) is 12.8 Å². The Labute approximate surface area is 142 Å². The quantitative estimate of drug-likeness (QED) is 0.785. The average molecular weight is 347 g/mol. The van der Waals surface area contributed by atoms with Gasteiger partial charge in [0.05, 0.1) is 19.8 Å². The van der Waals surface area contributed by atoms with Gasteiger partial charge in [-0.1, -0.05) is 0 Å². The maximum Gasteiger partial charge on any atom is 0.317 e. The van der Waals surface area contributed by atoms with E-state index in [1.54, 1.807) is 20.3 Å². The molecule has 0 atom stereocenters. The first kappa shape index (κ1) is 16.1. The SMILES string of the molecule is COc1cc2c(c(OC)c1)-c1sc(NC(N)=O)c(C(N)=O)c1CC2. The van der Waals surface area contributed by atoms with Gasteiger partial charge in [0.2, 0.25) is 0 Å². The number of ether oxygens (including phenoxy) is 2. The van der Waals surface area contributed by atoms with Crippen LogP contribution in [0.3, 0.4) is 0 Å². The number of aryl methyl sites for hydroxylation is 1. The molecule has 5 N–H and O–H groups in total. The molecule has 0 fully saturated rings. The molecule has 3 amide bonds. The van der Waals surface area contributed by atoms with E-state index in [-0.39, 0.29) is 0 Å². The van der Waals surface area contributed by atoms with Crippen molar-refractivity contribution in [2.45, 2.75) is 12.8 Å². The summed E-state index contributed by atoms with van der Waals surface area (Å²) in [5, 5.41) is 2.86. The fourth-order valence-corrected chi connectivity index (χ4v) is 4.35. The Hall–Kier alpha value is -2.74. The first-order valence-corrected chi connectivity index (χ1v) is 8.05. The van der Waals surface area contributed by atoms with Crippen LogP contribution in [0.5, 0.6) is 11.5 Å². The highest BCUT2D eigenvalue weighted by atomic mass is 32.1. The number of benzene rings is 1. The second kappa shape index (κ2) is 6.04. The summed E-state index contributed by atoms with van der Waals surface area (Å²) in [6.45, 7) is 0. The third-order valence-electron chi connectivity index (χ3n) is 3.97. The van der Waals surface area contributed by atoms with Crippen LogP contribution in [0.4, 0.5) is 9.80 Å². The highest BCUT2D eigenvalue weighted by molar-refractivity contribution is 7.20. The van der Waals surface area contributed by atoms with Gasteiger partial charge in [-0.3, -0.25) is 10.1 Å². The van der Waals surface area contributed by atoms with Crippen LogP contribution in [-0.4, -0.2) is 26.2 Å². The Balaban J connectivity index is 2.25. The molecule has 3 rings (SSSR count). The van der Waals surface area contributed by atoms with Crippen LogP contribution < -0.4 is 26.3 Å². The van der Waals surface area contributed by atoms with E-state index in [1.165, 1.54) is 11.3 Å². The molecule has 126 valence electrons. The Bertz CT molecular complexity index is 827. The van der Waals surface area contributed by atoms with Gasteiger partial charge in [-0.25, -0.2) is 4.79 Å². The van der Waals surface area contributed by atoms with Crippen molar-refractivity contribution in [1.82, 2.24) is 0 Å². The van der Waals surface area contributed by atoms with Crippen LogP contribution >= 0.6 is 11.3 Å². The second-order valence-corrected chi connectivity index (χ2v) is 6.35. The molecule has 2 aromatic rings. The van der Waals surface area contributed by atoms with E-state index in [0.29, 0.717) is 34.9 Å². The molecule has 0 radical (unpaired) electrons. The number of hydrogen-bond acceptors (Lipinski definition) is 5. The Morgan fingerprint density at radius 2 is 1.92 bits per heavy atom. The maximum atomic E-state index is 11.9. The molecule has 24 heavy (non-hydrogen) atoms. The Morgan fingerprint density at radius 1 is 1.17 bits per heavy atom. The molecule has 1 aromatic carbocycles. The average Bonchev–Trinajstić information content (AvgIpc) is 2.90. The molecule has 0 saturated heterocycles. The zero-order chi connectivity index (χ0) is 17.4. The number of fused-ring (bicyclic) bond motifs is 3. The number of anilines is 1. The molecule has 1 aliphatic carbocycles. The summed E-state index contributed by atoms with van der Waals surface area (Å²) >= 11 is 1.27. The van der Waals surface area contributed by atoms with Crippen molar-refractivity contribution in [3.05, 3.63) is 28.8 Å². The molecule has 7 nitrogen and oxygen atoms in total. The van der Waals surface area contributed by atoms with Gasteiger partial charge in [-0.2, -0.15) is 0 Å². The number of urea groups is 1. The number of primary amides is 2. The predicted molar refractivity (Wildman–Crippen MR) is 92.0 cm³/mol. The van der Waals surface area contributed by atoms with Gasteiger partial charge in [-0.05, 0) is 30.0 Å². The molecular weight excluding hydrogens is 330 g/mol. The summed E-state index contributed by atoms with van der Waals surface area (Å²) in [5.74, 6) is 0.761. The number of rotatable bonds is 4. The van der Waals surface area contributed by atoms with Crippen LogP contribution in [0.25, 0.3) is 10.4 Å². The van der Waals surface area contributed by atoms with Gasteiger partial charge in [-0.15, -0.1) is 11.3 Å². The minimum absolute atomic E-state index is 0.317. The van der Waals surface area contributed by atoms with Gasteiger partial charge >= 0.3 is 6.03 Å². The summed E-state index contributed by atoms with van der Waals surface area (Å²) < 4.78 is 10.8. The molecule has 0 bridgehead atoms. The molecule has 1 aliphatic rings. The highest BCUT2D eigenvalue weighted by Crippen LogP contribution is 2.49. The van der Waals surface area contributed by atoms with Crippen molar-refractivity contribution in [2.75, 3.05) is 19.5 Å². The van der Waals surface area contributed by atoms with E-state index in [0.717, 1.165) is 21.6 Å². The summed E-state index contributed by atoms with van der Waals surface area (Å²) in [5.41, 5.74) is 13.8. The fourth-order valence-electron chi connectivity index (χ4n) is 3.00. The van der Waals surface area contributed by atoms with Crippen LogP contribution in [0.1, 0.15) is 21.5 Å². The van der Waals surface area contributed by atoms with Crippen molar-refractivity contribution in [1.29, 1.82) is 0 Å². The van der Waals surface area contributed by atoms with Crippen molar-refractivity contribution in [3.63, 3.8) is 0 Å². The summed E-state index contributed by atoms with van der Waals surface area (Å²) in [7, 11) is 3.18. The first-order valence-electron chi connectivity index (χ1n) is 7.23. The van der Waals surface area contributed by atoms with E-state index < -0.39 is 11.9 Å². The third-order valence-corrected chi connectivity index (χ3v) is 5.14. The second-order valence-electron chi connectivity index (χ2n) is 5.33. The zero-order valence-electron chi connectivity index (χ0n) is 13.3. The smallest absolute Gasteiger partial charge is 0.317 e. The van der Waals surface area contributed by atoms with Crippen molar-refractivity contribution in [2.24, 2.45) is 11.5 Å². The monoisotopic (exact) mass is 347 g/mol. The number of hydrogen-bond donors (Lipinski definition) is 3. The number of carbonyl (C=O) groups excluding carboxylic acids is 2. The summed E-state index contributed by atoms with van der Waals surface area (Å²) in [6, 6.07) is 3.00. The number of amides is 3. The maximum absolute atomic E-state index is 11.9. The topological polar surface area (TPSA) is 117 Å². The van der Waals surface area contributed by atoms with E-state index >= 15 is 0 Å². The highest BCUT2D eigenvalue weighted by Gasteiger charge is 2.30. The number of nitrogens with two attached hydrogens (primary N) is 2. The fraction of sp³-hybridized carbons (Fsp3) is 0.250. The molecule has 0 spiro atoms. The van der Waals surface area contributed by atoms with Crippen LogP contribution in [0, 0.1) is 0 Å². The van der Waals surface area contributed by atoms with Crippen molar-refractivity contribution < 1.29 is 19.1 Å². The van der Waals surface area contributed by atoms with Gasteiger partial charge in [0.25, 0.3) is 5.91 Å². The normalized spacial score (nSPS) is 12.1. The standard InChI is InChI=1S/C16H17N3O4S/c1-22-8-5-7-3-4-9-12(14(17)20)15(19-16(18)21)24-13(9)11(7)10(6-8)23-2/h5-6H,3-4H2,1-2H3,(H2,17,20)(H3,18,19,21). The summed E-state index contributed by atoms with van der Waals surface area (Å²) in [4.78, 5) is 24.0. The molecule has 0 unspecified atom stereocenters. The van der Waals surface area contributed by atoms with E-state index in [2.05, 4.69) is 5.32 Å². The van der Waals surface area contributed by atoms with Crippen molar-refractivity contribution >= 4 is 28.3 Å². The minimum atomic E-state index is -0.738. The van der Waals surface area contributed by atoms with Crippen LogP contribution in [0.15, 0.2) is 12.1 Å². The van der Waals surface area contributed by atoms with Gasteiger partial charge in [0.1, 0.15) is 16.5 Å². The van der Waals surface area contributed by atoms with E-state index in [4.69, 9.17) is 20.9 Å². The number of methoxy groups -OCH3 is 2. The molecule has 1 aromatic heterocycles. The van der Waals surface area contributed by atoms with Gasteiger partial charge in [0, 0.05) is 16.5 Å². The lowest BCUT2D eigenvalue weighted by Crippen LogP contribution is -2.22. The largest absolute Gasteiger partial charge is 0.497 e. The van der Waals surface area contributed by atoms with Crippen LogP contribution in [0.2, 0.25) is 0 Å². The van der Waals surface area contributed by atoms with Gasteiger partial charge < -0.3 is 20.9 Å². The lowest BCUT2D eigenvalue weighted by Gasteiger charge is -2.20.